The summed E-state index contributed by atoms with van der Waals surface area (Å²) in [5.41, 5.74) is -0.488. The van der Waals surface area contributed by atoms with Gasteiger partial charge in [0.1, 0.15) is 11.4 Å². The Bertz CT molecular complexity index is 1050. The van der Waals surface area contributed by atoms with Crippen molar-refractivity contribution in [2.24, 2.45) is 0 Å². The first-order valence-corrected chi connectivity index (χ1v) is 9.15. The number of alkyl halides is 3. The molecule has 2 atom stereocenters. The Morgan fingerprint density at radius 3 is 2.45 bits per heavy atom. The minimum Gasteiger partial charge on any atom is -0.507 e. The maximum atomic E-state index is 12.9. The summed E-state index contributed by atoms with van der Waals surface area (Å²) < 4.78 is 44.5. The highest BCUT2D eigenvalue weighted by atomic mass is 19.4. The van der Waals surface area contributed by atoms with Gasteiger partial charge in [-0.1, -0.05) is 0 Å². The minimum atomic E-state index is -4.54. The van der Waals surface area contributed by atoms with Crippen molar-refractivity contribution in [1.82, 2.24) is 15.2 Å². The van der Waals surface area contributed by atoms with Gasteiger partial charge in [0, 0.05) is 41.8 Å². The molecule has 1 aliphatic rings. The largest absolute Gasteiger partial charge is 0.507 e. The summed E-state index contributed by atoms with van der Waals surface area (Å²) in [5.74, 6) is 0.139. The highest BCUT2D eigenvalue weighted by molar-refractivity contribution is 6.00. The number of aromatic nitrogens is 3. The molecule has 0 bridgehead atoms. The molecule has 3 heterocycles. The van der Waals surface area contributed by atoms with Crippen molar-refractivity contribution in [2.75, 3.05) is 18.0 Å². The van der Waals surface area contributed by atoms with Gasteiger partial charge in [0.05, 0.1) is 17.8 Å². The number of pyridine rings is 1. The number of benzene rings is 1. The lowest BCUT2D eigenvalue weighted by molar-refractivity contribution is -0.137. The summed E-state index contributed by atoms with van der Waals surface area (Å²) in [5, 5.41) is 20.2. The number of rotatable bonds is 2. The third kappa shape index (κ3) is 3.69. The monoisotopic (exact) mass is 404 g/mol. The molecule has 1 saturated heterocycles. The molecule has 3 aromatic rings. The molecule has 29 heavy (non-hydrogen) atoms. The van der Waals surface area contributed by atoms with E-state index in [0.717, 1.165) is 11.5 Å². The Kier molecular flexibility index (Phi) is 4.77. The maximum Gasteiger partial charge on any atom is 0.416 e. The van der Waals surface area contributed by atoms with Crippen molar-refractivity contribution in [3.63, 3.8) is 0 Å². The van der Waals surface area contributed by atoms with Gasteiger partial charge in [-0.05, 0) is 38.1 Å². The van der Waals surface area contributed by atoms with Gasteiger partial charge in [0.2, 0.25) is 0 Å². The van der Waals surface area contributed by atoms with Crippen LogP contribution in [-0.4, -0.2) is 45.6 Å². The molecule has 4 rings (SSSR count). The molecule has 1 aliphatic heterocycles. The van der Waals surface area contributed by atoms with Crippen molar-refractivity contribution in [1.29, 1.82) is 0 Å². The van der Waals surface area contributed by atoms with E-state index in [1.807, 2.05) is 13.8 Å². The van der Waals surface area contributed by atoms with Crippen LogP contribution in [0, 0.1) is 0 Å². The van der Waals surface area contributed by atoms with E-state index in [2.05, 4.69) is 20.1 Å². The fourth-order valence-electron chi connectivity index (χ4n) is 3.67. The molecule has 1 fully saturated rings. The van der Waals surface area contributed by atoms with Crippen LogP contribution in [0.25, 0.3) is 22.0 Å². The van der Waals surface area contributed by atoms with E-state index < -0.39 is 17.5 Å². The Hall–Kier alpha value is -2.94. The van der Waals surface area contributed by atoms with Gasteiger partial charge in [-0.2, -0.15) is 13.2 Å². The summed E-state index contributed by atoms with van der Waals surface area (Å²) in [6.45, 7) is 5.24. The number of phenols is 1. The summed E-state index contributed by atoms with van der Waals surface area (Å²) >= 11 is 0. The lowest BCUT2D eigenvalue weighted by atomic mass is 10.0. The van der Waals surface area contributed by atoms with Crippen LogP contribution in [0.3, 0.4) is 0 Å². The SMILES string of the molecule is CC1CN(c2nnc(-c3ccc(C(F)(F)F)cc3O)c3cnccc23)CC(C)O1. The number of hydrogen-bond donors (Lipinski definition) is 1. The number of halogens is 3. The lowest BCUT2D eigenvalue weighted by Crippen LogP contribution is -2.46. The third-order valence-electron chi connectivity index (χ3n) is 4.86. The molecule has 2 aromatic heterocycles. The van der Waals surface area contributed by atoms with E-state index in [0.29, 0.717) is 30.4 Å². The van der Waals surface area contributed by atoms with Gasteiger partial charge < -0.3 is 14.7 Å². The Morgan fingerprint density at radius 1 is 1.07 bits per heavy atom. The molecule has 0 saturated carbocycles. The van der Waals surface area contributed by atoms with Gasteiger partial charge >= 0.3 is 6.18 Å². The third-order valence-corrected chi connectivity index (χ3v) is 4.86. The predicted octanol–water partition coefficient (Wildman–Crippen LogP) is 4.03. The van der Waals surface area contributed by atoms with Crippen molar-refractivity contribution < 1.29 is 23.0 Å². The summed E-state index contributed by atoms with van der Waals surface area (Å²) in [6.07, 6.45) is -1.30. The Balaban J connectivity index is 1.82. The summed E-state index contributed by atoms with van der Waals surface area (Å²) in [6, 6.07) is 4.60. The molecular weight excluding hydrogens is 385 g/mol. The zero-order valence-electron chi connectivity index (χ0n) is 15.8. The molecule has 152 valence electrons. The quantitative estimate of drug-likeness (QED) is 0.695. The number of hydrogen-bond acceptors (Lipinski definition) is 6. The van der Waals surface area contributed by atoms with Gasteiger partial charge in [0.25, 0.3) is 0 Å². The Labute approximate surface area is 165 Å². The maximum absolute atomic E-state index is 12.9. The van der Waals surface area contributed by atoms with Crippen molar-refractivity contribution in [3.05, 3.63) is 42.2 Å². The number of ether oxygens (including phenoxy) is 1. The van der Waals surface area contributed by atoms with Crippen LogP contribution in [0.5, 0.6) is 5.75 Å². The van der Waals surface area contributed by atoms with Gasteiger partial charge in [-0.25, -0.2) is 0 Å². The molecular formula is C20H19F3N4O2. The molecule has 6 nitrogen and oxygen atoms in total. The highest BCUT2D eigenvalue weighted by Crippen LogP contribution is 2.39. The molecule has 2 unspecified atom stereocenters. The average Bonchev–Trinajstić information content (AvgIpc) is 2.66. The summed E-state index contributed by atoms with van der Waals surface area (Å²) in [4.78, 5) is 6.20. The van der Waals surface area contributed by atoms with Crippen LogP contribution in [0.4, 0.5) is 19.0 Å². The summed E-state index contributed by atoms with van der Waals surface area (Å²) in [7, 11) is 0. The van der Waals surface area contributed by atoms with E-state index in [9.17, 15) is 18.3 Å². The standard InChI is InChI=1S/C20H19F3N4O2/c1-11-9-27(10-12(2)29-11)19-14-5-6-24-8-16(14)18(25-26-19)15-4-3-13(7-17(15)28)20(21,22)23/h3-8,11-12,28H,9-10H2,1-2H3. The highest BCUT2D eigenvalue weighted by Gasteiger charge is 2.32. The number of anilines is 1. The molecule has 0 radical (unpaired) electrons. The average molecular weight is 404 g/mol. The van der Waals surface area contributed by atoms with E-state index in [4.69, 9.17) is 4.74 Å². The molecule has 1 N–H and O–H groups in total. The Morgan fingerprint density at radius 2 is 1.79 bits per heavy atom. The number of morpholine rings is 1. The molecule has 1 aromatic carbocycles. The van der Waals surface area contributed by atoms with Crippen LogP contribution < -0.4 is 4.90 Å². The topological polar surface area (TPSA) is 71.4 Å². The van der Waals surface area contributed by atoms with Gasteiger partial charge in [-0.15, -0.1) is 10.2 Å². The first kappa shape index (κ1) is 19.4. The fraction of sp³-hybridized carbons (Fsp3) is 0.350. The molecule has 0 aliphatic carbocycles. The lowest BCUT2D eigenvalue weighted by Gasteiger charge is -2.36. The van der Waals surface area contributed by atoms with Crippen LogP contribution in [0.2, 0.25) is 0 Å². The van der Waals surface area contributed by atoms with E-state index in [-0.39, 0.29) is 23.5 Å². The smallest absolute Gasteiger partial charge is 0.416 e. The van der Waals surface area contributed by atoms with Crippen LogP contribution in [0.15, 0.2) is 36.7 Å². The number of nitrogens with zero attached hydrogens (tertiary/aromatic N) is 4. The van der Waals surface area contributed by atoms with Crippen LogP contribution >= 0.6 is 0 Å². The van der Waals surface area contributed by atoms with Gasteiger partial charge in [-0.3, -0.25) is 4.98 Å². The zero-order chi connectivity index (χ0) is 20.8. The second-order valence-electron chi connectivity index (χ2n) is 7.19. The second kappa shape index (κ2) is 7.14. The zero-order valence-corrected chi connectivity index (χ0v) is 15.8. The van der Waals surface area contributed by atoms with Crippen molar-refractivity contribution >= 4 is 16.6 Å². The van der Waals surface area contributed by atoms with Crippen LogP contribution in [0.1, 0.15) is 19.4 Å². The van der Waals surface area contributed by atoms with Crippen molar-refractivity contribution in [3.8, 4) is 17.0 Å². The number of fused-ring (bicyclic) bond motifs is 1. The molecule has 9 heteroatoms. The second-order valence-corrected chi connectivity index (χ2v) is 7.19. The first-order valence-electron chi connectivity index (χ1n) is 9.15. The molecule has 0 amide bonds. The number of phenolic OH excluding ortho intramolecular Hbond substituents is 1. The minimum absolute atomic E-state index is 0.0241. The van der Waals surface area contributed by atoms with E-state index in [1.54, 1.807) is 18.5 Å². The molecule has 0 spiro atoms. The van der Waals surface area contributed by atoms with Crippen molar-refractivity contribution in [2.45, 2.75) is 32.2 Å². The normalized spacial score (nSPS) is 20.2. The van der Waals surface area contributed by atoms with Gasteiger partial charge in [0.15, 0.2) is 5.82 Å². The first-order chi connectivity index (χ1) is 13.7. The van der Waals surface area contributed by atoms with E-state index in [1.165, 1.54) is 6.07 Å². The fourth-order valence-corrected chi connectivity index (χ4v) is 3.67. The number of aromatic hydroxyl groups is 1. The van der Waals surface area contributed by atoms with Crippen LogP contribution in [-0.2, 0) is 10.9 Å². The van der Waals surface area contributed by atoms with E-state index >= 15 is 0 Å². The predicted molar refractivity (Wildman–Crippen MR) is 102 cm³/mol.